The van der Waals surface area contributed by atoms with Crippen molar-refractivity contribution in [2.24, 2.45) is 0 Å². The molecule has 5 heteroatoms. The van der Waals surface area contributed by atoms with Crippen LogP contribution < -0.4 is 11.1 Å². The predicted octanol–water partition coefficient (Wildman–Crippen LogP) is 2.73. The molecule has 0 spiro atoms. The summed E-state index contributed by atoms with van der Waals surface area (Å²) in [6.07, 6.45) is 6.65. The number of hydrogen-bond acceptors (Lipinski definition) is 3. The summed E-state index contributed by atoms with van der Waals surface area (Å²) in [5.41, 5.74) is 7.52. The summed E-state index contributed by atoms with van der Waals surface area (Å²) in [6.45, 7) is 1.89. The molecule has 0 radical (unpaired) electrons. The smallest absolute Gasteiger partial charge is 0.0945 e. The molecule has 0 fully saturated rings. The van der Waals surface area contributed by atoms with Gasteiger partial charge >= 0.3 is 0 Å². The van der Waals surface area contributed by atoms with Crippen LogP contribution >= 0.6 is 15.9 Å². The van der Waals surface area contributed by atoms with Crippen LogP contribution in [0, 0.1) is 0 Å². The fourth-order valence-corrected chi connectivity index (χ4v) is 2.12. The topological polar surface area (TPSA) is 55.9 Å². The Morgan fingerprint density at radius 2 is 2.29 bits per heavy atom. The minimum absolute atomic E-state index is 0.765. The molecule has 4 nitrogen and oxygen atoms in total. The number of imidazole rings is 1. The van der Waals surface area contributed by atoms with Crippen LogP contribution in [0.2, 0.25) is 0 Å². The number of nitrogens with zero attached hydrogens (tertiary/aromatic N) is 2. The number of anilines is 2. The monoisotopic (exact) mass is 294 g/mol. The lowest BCUT2D eigenvalue weighted by Crippen LogP contribution is -2.06. The van der Waals surface area contributed by atoms with Crippen LogP contribution in [-0.2, 0) is 6.54 Å². The molecule has 0 amide bonds. The Kier molecular flexibility index (Phi) is 4.03. The van der Waals surface area contributed by atoms with Crippen LogP contribution in [0.15, 0.2) is 41.4 Å². The van der Waals surface area contributed by atoms with Crippen molar-refractivity contribution >= 4 is 27.3 Å². The lowest BCUT2D eigenvalue weighted by Gasteiger charge is -2.09. The normalized spacial score (nSPS) is 10.4. The van der Waals surface area contributed by atoms with Gasteiger partial charge in [0.2, 0.25) is 0 Å². The molecule has 17 heavy (non-hydrogen) atoms. The maximum absolute atomic E-state index is 5.68. The number of benzene rings is 1. The standard InChI is InChI=1S/C12H15BrN4/c13-11-8-10(14)2-3-12(11)16-4-1-6-17-7-5-15-9-17/h2-3,5,7-9,16H,1,4,6,14H2. The summed E-state index contributed by atoms with van der Waals surface area (Å²) in [4.78, 5) is 4.00. The lowest BCUT2D eigenvalue weighted by atomic mass is 10.3. The van der Waals surface area contributed by atoms with Gasteiger partial charge in [-0.25, -0.2) is 4.98 Å². The first kappa shape index (κ1) is 12.0. The Morgan fingerprint density at radius 3 is 3.00 bits per heavy atom. The minimum Gasteiger partial charge on any atom is -0.399 e. The SMILES string of the molecule is Nc1ccc(NCCCn2ccnc2)c(Br)c1. The van der Waals surface area contributed by atoms with E-state index in [-0.39, 0.29) is 0 Å². The molecule has 2 rings (SSSR count). The zero-order chi connectivity index (χ0) is 12.1. The third-order valence-corrected chi connectivity index (χ3v) is 3.12. The third kappa shape index (κ3) is 3.49. The van der Waals surface area contributed by atoms with Gasteiger partial charge in [-0.3, -0.25) is 0 Å². The van der Waals surface area contributed by atoms with E-state index in [9.17, 15) is 0 Å². The van der Waals surface area contributed by atoms with Crippen LogP contribution in [0.1, 0.15) is 6.42 Å². The molecule has 1 heterocycles. The first-order valence-corrected chi connectivity index (χ1v) is 6.29. The average molecular weight is 295 g/mol. The maximum atomic E-state index is 5.68. The highest BCUT2D eigenvalue weighted by molar-refractivity contribution is 9.10. The predicted molar refractivity (Wildman–Crippen MR) is 73.9 cm³/mol. The molecule has 0 saturated heterocycles. The summed E-state index contributed by atoms with van der Waals surface area (Å²) < 4.78 is 3.07. The number of aryl methyl sites for hydroxylation is 1. The van der Waals surface area contributed by atoms with Gasteiger partial charge in [-0.1, -0.05) is 0 Å². The number of aromatic nitrogens is 2. The Morgan fingerprint density at radius 1 is 1.41 bits per heavy atom. The van der Waals surface area contributed by atoms with E-state index in [1.165, 1.54) is 0 Å². The Labute approximate surface area is 109 Å². The van der Waals surface area contributed by atoms with Crippen molar-refractivity contribution in [3.8, 4) is 0 Å². The van der Waals surface area contributed by atoms with Crippen molar-refractivity contribution < 1.29 is 0 Å². The van der Waals surface area contributed by atoms with Crippen molar-refractivity contribution in [2.75, 3.05) is 17.6 Å². The molecule has 0 bridgehead atoms. The second-order valence-corrected chi connectivity index (χ2v) is 4.67. The molecular weight excluding hydrogens is 280 g/mol. The van der Waals surface area contributed by atoms with Crippen molar-refractivity contribution in [3.63, 3.8) is 0 Å². The van der Waals surface area contributed by atoms with Gasteiger partial charge in [-0.05, 0) is 40.5 Å². The van der Waals surface area contributed by atoms with Gasteiger partial charge in [0.05, 0.1) is 6.33 Å². The maximum Gasteiger partial charge on any atom is 0.0945 e. The molecule has 0 aliphatic carbocycles. The quantitative estimate of drug-likeness (QED) is 0.658. The fourth-order valence-electron chi connectivity index (χ4n) is 1.58. The second kappa shape index (κ2) is 5.72. The molecule has 90 valence electrons. The summed E-state index contributed by atoms with van der Waals surface area (Å²) in [5, 5.41) is 3.37. The van der Waals surface area contributed by atoms with E-state index in [1.807, 2.05) is 30.7 Å². The average Bonchev–Trinajstić information content (AvgIpc) is 2.79. The van der Waals surface area contributed by atoms with E-state index in [0.717, 1.165) is 35.4 Å². The number of nitrogens with two attached hydrogens (primary N) is 1. The second-order valence-electron chi connectivity index (χ2n) is 3.82. The van der Waals surface area contributed by atoms with E-state index in [2.05, 4.69) is 30.8 Å². The number of hydrogen-bond donors (Lipinski definition) is 2. The fraction of sp³-hybridized carbons (Fsp3) is 0.250. The summed E-state index contributed by atoms with van der Waals surface area (Å²) in [5.74, 6) is 0. The van der Waals surface area contributed by atoms with Crippen molar-refractivity contribution in [1.29, 1.82) is 0 Å². The zero-order valence-corrected chi connectivity index (χ0v) is 11.0. The Balaban J connectivity index is 1.78. The van der Waals surface area contributed by atoms with Crippen LogP contribution in [0.25, 0.3) is 0 Å². The molecular formula is C12H15BrN4. The molecule has 0 aliphatic rings. The number of nitrogen functional groups attached to an aromatic ring is 1. The Hall–Kier alpha value is -1.49. The van der Waals surface area contributed by atoms with E-state index >= 15 is 0 Å². The minimum atomic E-state index is 0.765. The summed E-state index contributed by atoms with van der Waals surface area (Å²) in [7, 11) is 0. The first-order chi connectivity index (χ1) is 8.25. The summed E-state index contributed by atoms with van der Waals surface area (Å²) in [6, 6.07) is 5.78. The highest BCUT2D eigenvalue weighted by Gasteiger charge is 1.99. The highest BCUT2D eigenvalue weighted by atomic mass is 79.9. The van der Waals surface area contributed by atoms with Crippen LogP contribution in [0.5, 0.6) is 0 Å². The van der Waals surface area contributed by atoms with E-state index in [1.54, 1.807) is 6.20 Å². The van der Waals surface area contributed by atoms with Crippen LogP contribution in [0.3, 0.4) is 0 Å². The molecule has 1 aromatic heterocycles. The Bertz CT molecular complexity index is 467. The van der Waals surface area contributed by atoms with Gasteiger partial charge < -0.3 is 15.6 Å². The van der Waals surface area contributed by atoms with E-state index in [4.69, 9.17) is 5.73 Å². The van der Waals surface area contributed by atoms with Crippen LogP contribution in [0.4, 0.5) is 11.4 Å². The summed E-state index contributed by atoms with van der Waals surface area (Å²) >= 11 is 3.48. The first-order valence-electron chi connectivity index (χ1n) is 5.50. The van der Waals surface area contributed by atoms with Gasteiger partial charge in [0.1, 0.15) is 0 Å². The number of halogens is 1. The molecule has 0 saturated carbocycles. The van der Waals surface area contributed by atoms with Crippen LogP contribution in [-0.4, -0.2) is 16.1 Å². The molecule has 3 N–H and O–H groups in total. The molecule has 2 aromatic rings. The van der Waals surface area contributed by atoms with Gasteiger partial charge in [0, 0.05) is 41.3 Å². The lowest BCUT2D eigenvalue weighted by molar-refractivity contribution is 0.660. The van der Waals surface area contributed by atoms with Gasteiger partial charge in [0.25, 0.3) is 0 Å². The third-order valence-electron chi connectivity index (χ3n) is 2.46. The molecule has 0 unspecified atom stereocenters. The van der Waals surface area contributed by atoms with Gasteiger partial charge in [-0.15, -0.1) is 0 Å². The van der Waals surface area contributed by atoms with Crippen molar-refractivity contribution in [2.45, 2.75) is 13.0 Å². The zero-order valence-electron chi connectivity index (χ0n) is 9.44. The van der Waals surface area contributed by atoms with Gasteiger partial charge in [-0.2, -0.15) is 0 Å². The van der Waals surface area contributed by atoms with Crippen molar-refractivity contribution in [1.82, 2.24) is 9.55 Å². The number of rotatable bonds is 5. The van der Waals surface area contributed by atoms with Gasteiger partial charge in [0.15, 0.2) is 0 Å². The van der Waals surface area contributed by atoms with E-state index in [0.29, 0.717) is 0 Å². The molecule has 1 aromatic carbocycles. The largest absolute Gasteiger partial charge is 0.399 e. The number of nitrogens with one attached hydrogen (secondary N) is 1. The highest BCUT2D eigenvalue weighted by Crippen LogP contribution is 2.24. The molecule has 0 aliphatic heterocycles. The molecule has 0 atom stereocenters. The van der Waals surface area contributed by atoms with Crippen molar-refractivity contribution in [3.05, 3.63) is 41.4 Å². The van der Waals surface area contributed by atoms with E-state index < -0.39 is 0 Å².